The molecule has 0 radical (unpaired) electrons. The summed E-state index contributed by atoms with van der Waals surface area (Å²) in [6.45, 7) is 3.64. The van der Waals surface area contributed by atoms with Gasteiger partial charge in [-0.1, -0.05) is 5.21 Å². The maximum absolute atomic E-state index is 10.5. The van der Waals surface area contributed by atoms with Crippen LogP contribution in [0.15, 0.2) is 11.2 Å². The minimum atomic E-state index is -4.21. The molecule has 0 aliphatic carbocycles. The third-order valence-electron chi connectivity index (χ3n) is 1.28. The highest BCUT2D eigenvalue weighted by molar-refractivity contribution is 7.85. The molecule has 0 spiro atoms. The Morgan fingerprint density at radius 1 is 1.58 bits per heavy atom. The van der Waals surface area contributed by atoms with E-state index in [0.29, 0.717) is 0 Å². The average molecular weight is 191 g/mol. The van der Waals surface area contributed by atoms with Crippen LogP contribution in [0.25, 0.3) is 0 Å². The SMILES string of the molecule is CC(C)n1cc(S(=O)(=O)O)nn1. The zero-order valence-corrected chi connectivity index (χ0v) is 7.48. The highest BCUT2D eigenvalue weighted by atomic mass is 32.2. The molecule has 0 aromatic carbocycles. The molecule has 0 atom stereocenters. The van der Waals surface area contributed by atoms with Gasteiger partial charge in [-0.3, -0.25) is 4.55 Å². The van der Waals surface area contributed by atoms with E-state index in [2.05, 4.69) is 10.3 Å². The van der Waals surface area contributed by atoms with Gasteiger partial charge in [0.25, 0.3) is 0 Å². The number of hydrogen-bond donors (Lipinski definition) is 1. The molecule has 1 N–H and O–H groups in total. The van der Waals surface area contributed by atoms with E-state index in [9.17, 15) is 8.42 Å². The second kappa shape index (κ2) is 2.83. The van der Waals surface area contributed by atoms with E-state index in [1.54, 1.807) is 0 Å². The third-order valence-corrected chi connectivity index (χ3v) is 2.00. The molecule has 6 nitrogen and oxygen atoms in total. The van der Waals surface area contributed by atoms with E-state index in [0.717, 1.165) is 0 Å². The van der Waals surface area contributed by atoms with Crippen LogP contribution >= 0.6 is 0 Å². The lowest BCUT2D eigenvalue weighted by atomic mass is 10.4. The van der Waals surface area contributed by atoms with Crippen molar-refractivity contribution in [2.75, 3.05) is 0 Å². The van der Waals surface area contributed by atoms with Crippen molar-refractivity contribution < 1.29 is 13.0 Å². The maximum atomic E-state index is 10.5. The van der Waals surface area contributed by atoms with Crippen molar-refractivity contribution in [1.29, 1.82) is 0 Å². The van der Waals surface area contributed by atoms with E-state index in [1.807, 2.05) is 13.8 Å². The molecule has 0 fully saturated rings. The predicted molar refractivity (Wildman–Crippen MR) is 40.2 cm³/mol. The second-order valence-corrected chi connectivity index (χ2v) is 3.97. The van der Waals surface area contributed by atoms with Gasteiger partial charge in [-0.2, -0.15) is 8.42 Å². The minimum absolute atomic E-state index is 0.0213. The Morgan fingerprint density at radius 2 is 2.17 bits per heavy atom. The van der Waals surface area contributed by atoms with Gasteiger partial charge in [-0.15, -0.1) is 5.10 Å². The van der Waals surface area contributed by atoms with Crippen LogP contribution in [0.1, 0.15) is 19.9 Å². The van der Waals surface area contributed by atoms with Gasteiger partial charge in [0.15, 0.2) is 0 Å². The first-order valence-corrected chi connectivity index (χ1v) is 4.74. The molecule has 0 saturated heterocycles. The molecule has 0 bridgehead atoms. The Balaban J connectivity index is 3.09. The molecule has 0 saturated carbocycles. The quantitative estimate of drug-likeness (QED) is 0.670. The first kappa shape index (κ1) is 9.14. The maximum Gasteiger partial charge on any atom is 0.315 e. The van der Waals surface area contributed by atoms with Gasteiger partial charge in [-0.25, -0.2) is 4.68 Å². The minimum Gasteiger partial charge on any atom is -0.281 e. The van der Waals surface area contributed by atoms with Crippen LogP contribution in [0.2, 0.25) is 0 Å². The summed E-state index contributed by atoms with van der Waals surface area (Å²) >= 11 is 0. The van der Waals surface area contributed by atoms with Crippen molar-refractivity contribution in [3.63, 3.8) is 0 Å². The van der Waals surface area contributed by atoms with Crippen molar-refractivity contribution in [2.24, 2.45) is 0 Å². The van der Waals surface area contributed by atoms with Crippen molar-refractivity contribution in [2.45, 2.75) is 24.9 Å². The Bertz CT molecular complexity index is 367. The van der Waals surface area contributed by atoms with Gasteiger partial charge >= 0.3 is 10.1 Å². The molecule has 7 heteroatoms. The highest BCUT2D eigenvalue weighted by Crippen LogP contribution is 2.06. The van der Waals surface area contributed by atoms with E-state index in [-0.39, 0.29) is 6.04 Å². The fourth-order valence-electron chi connectivity index (χ4n) is 0.631. The standard InChI is InChI=1S/C5H9N3O3S/c1-4(2)8-3-5(6-7-8)12(9,10)11/h3-4H,1-2H3,(H,9,10,11). The van der Waals surface area contributed by atoms with E-state index < -0.39 is 15.1 Å². The lowest BCUT2D eigenvalue weighted by Gasteiger charge is -2.00. The average Bonchev–Trinajstić information content (AvgIpc) is 2.30. The van der Waals surface area contributed by atoms with E-state index in [4.69, 9.17) is 4.55 Å². The van der Waals surface area contributed by atoms with Crippen molar-refractivity contribution in [1.82, 2.24) is 15.0 Å². The summed E-state index contributed by atoms with van der Waals surface area (Å²) in [4.78, 5) is 0. The van der Waals surface area contributed by atoms with Crippen LogP contribution in [-0.4, -0.2) is 28.0 Å². The molecule has 68 valence electrons. The Hall–Kier alpha value is -0.950. The van der Waals surface area contributed by atoms with Crippen LogP contribution in [-0.2, 0) is 10.1 Å². The fraction of sp³-hybridized carbons (Fsp3) is 0.600. The van der Waals surface area contributed by atoms with Crippen molar-refractivity contribution in [3.05, 3.63) is 6.20 Å². The molecular weight excluding hydrogens is 182 g/mol. The normalized spacial score (nSPS) is 12.3. The molecule has 0 aliphatic rings. The van der Waals surface area contributed by atoms with Crippen LogP contribution in [0.4, 0.5) is 0 Å². The zero-order valence-electron chi connectivity index (χ0n) is 6.67. The van der Waals surface area contributed by atoms with Crippen LogP contribution in [0.5, 0.6) is 0 Å². The number of rotatable bonds is 2. The third kappa shape index (κ3) is 1.80. The fourth-order valence-corrected chi connectivity index (χ4v) is 1.01. The summed E-state index contributed by atoms with van der Waals surface area (Å²) in [7, 11) is -4.21. The Kier molecular flexibility index (Phi) is 2.16. The summed E-state index contributed by atoms with van der Waals surface area (Å²) < 4.78 is 30.9. The summed E-state index contributed by atoms with van der Waals surface area (Å²) in [5.41, 5.74) is 0. The van der Waals surface area contributed by atoms with Crippen LogP contribution in [0, 0.1) is 0 Å². The summed E-state index contributed by atoms with van der Waals surface area (Å²) in [5.74, 6) is 0. The number of nitrogens with zero attached hydrogens (tertiary/aromatic N) is 3. The van der Waals surface area contributed by atoms with Crippen molar-refractivity contribution in [3.8, 4) is 0 Å². The molecule has 1 rings (SSSR count). The Morgan fingerprint density at radius 3 is 2.42 bits per heavy atom. The Labute approximate surface area is 70.0 Å². The lowest BCUT2D eigenvalue weighted by Crippen LogP contribution is -2.01. The van der Waals surface area contributed by atoms with Gasteiger partial charge in [-0.05, 0) is 13.8 Å². The monoisotopic (exact) mass is 191 g/mol. The first-order chi connectivity index (χ1) is 5.41. The molecule has 12 heavy (non-hydrogen) atoms. The van der Waals surface area contributed by atoms with Gasteiger partial charge in [0, 0.05) is 6.04 Å². The first-order valence-electron chi connectivity index (χ1n) is 3.30. The molecule has 1 aromatic heterocycles. The van der Waals surface area contributed by atoms with E-state index >= 15 is 0 Å². The number of hydrogen-bond acceptors (Lipinski definition) is 4. The highest BCUT2D eigenvalue weighted by Gasteiger charge is 2.14. The zero-order chi connectivity index (χ0) is 9.35. The summed E-state index contributed by atoms with van der Waals surface area (Å²) in [6.07, 6.45) is 1.18. The van der Waals surface area contributed by atoms with Gasteiger partial charge in [0.2, 0.25) is 5.03 Å². The molecule has 0 amide bonds. The molecule has 0 unspecified atom stereocenters. The molecule has 1 aromatic rings. The molecule has 0 aliphatic heterocycles. The van der Waals surface area contributed by atoms with Crippen molar-refractivity contribution >= 4 is 10.1 Å². The summed E-state index contributed by atoms with van der Waals surface area (Å²) in [6, 6.07) is 0.0213. The predicted octanol–water partition coefficient (Wildman–Crippen LogP) is 0.106. The topological polar surface area (TPSA) is 85.1 Å². The van der Waals surface area contributed by atoms with Crippen LogP contribution < -0.4 is 0 Å². The van der Waals surface area contributed by atoms with Gasteiger partial charge < -0.3 is 0 Å². The lowest BCUT2D eigenvalue weighted by molar-refractivity contribution is 0.479. The summed E-state index contributed by atoms with van der Waals surface area (Å²) in [5, 5.41) is 6.37. The van der Waals surface area contributed by atoms with Crippen LogP contribution in [0.3, 0.4) is 0 Å². The molecular formula is C5H9N3O3S. The van der Waals surface area contributed by atoms with Gasteiger partial charge in [0.05, 0.1) is 6.20 Å². The van der Waals surface area contributed by atoms with Gasteiger partial charge in [0.1, 0.15) is 0 Å². The smallest absolute Gasteiger partial charge is 0.281 e. The molecule has 1 heterocycles. The van der Waals surface area contributed by atoms with E-state index in [1.165, 1.54) is 10.9 Å². The number of aromatic nitrogens is 3. The largest absolute Gasteiger partial charge is 0.315 e. The second-order valence-electron chi connectivity index (χ2n) is 2.61.